The molecule has 5 rings (SSSR count). The number of rotatable bonds is 8. The fourth-order valence-corrected chi connectivity index (χ4v) is 6.08. The van der Waals surface area contributed by atoms with Crippen LogP contribution in [-0.2, 0) is 11.2 Å². The summed E-state index contributed by atoms with van der Waals surface area (Å²) in [4.78, 5) is 47.4. The maximum atomic E-state index is 13.8. The Labute approximate surface area is 233 Å². The van der Waals surface area contributed by atoms with Crippen LogP contribution in [0.4, 0.5) is 0 Å². The van der Waals surface area contributed by atoms with Crippen molar-refractivity contribution in [1.29, 1.82) is 0 Å². The van der Waals surface area contributed by atoms with Gasteiger partial charge in [0.25, 0.3) is 11.8 Å². The average molecular weight is 547 g/mol. The van der Waals surface area contributed by atoms with Crippen molar-refractivity contribution >= 4 is 29.1 Å². The molecule has 2 fully saturated rings. The lowest BCUT2D eigenvalue weighted by molar-refractivity contribution is -0.135. The molecule has 0 aliphatic carbocycles. The third-order valence-corrected chi connectivity index (χ3v) is 8.35. The van der Waals surface area contributed by atoms with E-state index in [-0.39, 0.29) is 23.8 Å². The van der Waals surface area contributed by atoms with E-state index in [9.17, 15) is 14.4 Å². The predicted octanol–water partition coefficient (Wildman–Crippen LogP) is 3.16. The standard InChI is InChI=1S/C30H34N4O4S/c1-38-25-10-5-9-23(19-25)28(35)34-21-24(20-26(34)29(36)32-16-13-31-14-17-32)33(30(37)27-11-6-18-39-27)15-12-22-7-3-2-4-8-22/h2-11,18-19,24,26,31H,12-17,20-21H2,1H3. The first-order valence-corrected chi connectivity index (χ1v) is 14.3. The topological polar surface area (TPSA) is 82.2 Å². The lowest BCUT2D eigenvalue weighted by Gasteiger charge is -2.32. The number of nitrogens with one attached hydrogen (secondary N) is 1. The summed E-state index contributed by atoms with van der Waals surface area (Å²) in [7, 11) is 1.56. The number of thiophene rings is 1. The summed E-state index contributed by atoms with van der Waals surface area (Å²) in [5.41, 5.74) is 1.60. The molecule has 2 aliphatic rings. The zero-order valence-electron chi connectivity index (χ0n) is 22.1. The number of carbonyl (C=O) groups is 3. The molecule has 1 N–H and O–H groups in total. The summed E-state index contributed by atoms with van der Waals surface area (Å²) in [6.45, 7) is 3.46. The number of hydrogen-bond donors (Lipinski definition) is 1. The highest BCUT2D eigenvalue weighted by Gasteiger charge is 2.45. The van der Waals surface area contributed by atoms with Gasteiger partial charge < -0.3 is 24.8 Å². The predicted molar refractivity (Wildman–Crippen MR) is 151 cm³/mol. The van der Waals surface area contributed by atoms with Crippen LogP contribution in [0.15, 0.2) is 72.1 Å². The molecule has 1 aromatic heterocycles. The highest BCUT2D eigenvalue weighted by Crippen LogP contribution is 2.29. The molecule has 2 aromatic carbocycles. The van der Waals surface area contributed by atoms with Crippen molar-refractivity contribution in [3.63, 3.8) is 0 Å². The van der Waals surface area contributed by atoms with Gasteiger partial charge in [-0.05, 0) is 48.1 Å². The summed E-state index contributed by atoms with van der Waals surface area (Å²) in [6, 6.07) is 19.9. The van der Waals surface area contributed by atoms with Gasteiger partial charge in [-0.25, -0.2) is 0 Å². The summed E-state index contributed by atoms with van der Waals surface area (Å²) >= 11 is 1.41. The lowest BCUT2D eigenvalue weighted by Crippen LogP contribution is -2.53. The van der Waals surface area contributed by atoms with E-state index in [0.717, 1.165) is 18.7 Å². The Hall–Kier alpha value is -3.69. The Balaban J connectivity index is 1.44. The maximum Gasteiger partial charge on any atom is 0.264 e. The molecule has 9 heteroatoms. The second kappa shape index (κ2) is 12.4. The molecule has 3 heterocycles. The van der Waals surface area contributed by atoms with Crippen LogP contribution in [0.1, 0.15) is 32.0 Å². The molecule has 0 spiro atoms. The van der Waals surface area contributed by atoms with Crippen molar-refractivity contribution in [2.75, 3.05) is 46.4 Å². The Morgan fingerprint density at radius 1 is 1.03 bits per heavy atom. The van der Waals surface area contributed by atoms with Gasteiger partial charge in [0.05, 0.1) is 18.0 Å². The maximum absolute atomic E-state index is 13.8. The number of ether oxygens (including phenoxy) is 1. The zero-order valence-corrected chi connectivity index (χ0v) is 22.9. The molecule has 2 aliphatic heterocycles. The van der Waals surface area contributed by atoms with Crippen LogP contribution in [0.3, 0.4) is 0 Å². The van der Waals surface area contributed by atoms with Gasteiger partial charge in [0, 0.05) is 44.8 Å². The molecule has 3 amide bonds. The summed E-state index contributed by atoms with van der Waals surface area (Å²) < 4.78 is 5.34. The molecular weight excluding hydrogens is 512 g/mol. The van der Waals surface area contributed by atoms with Gasteiger partial charge >= 0.3 is 0 Å². The van der Waals surface area contributed by atoms with Gasteiger partial charge in [0.1, 0.15) is 11.8 Å². The van der Waals surface area contributed by atoms with E-state index in [0.29, 0.717) is 55.2 Å². The van der Waals surface area contributed by atoms with Crippen molar-refractivity contribution in [3.05, 3.63) is 88.1 Å². The normalized spacial score (nSPS) is 19.1. The zero-order chi connectivity index (χ0) is 27.2. The van der Waals surface area contributed by atoms with E-state index in [2.05, 4.69) is 17.4 Å². The van der Waals surface area contributed by atoms with E-state index in [1.165, 1.54) is 11.3 Å². The third kappa shape index (κ3) is 6.15. The number of likely N-dealkylation sites (tertiary alicyclic amines) is 1. The molecule has 0 radical (unpaired) electrons. The van der Waals surface area contributed by atoms with Crippen LogP contribution in [0.25, 0.3) is 0 Å². The van der Waals surface area contributed by atoms with Crippen LogP contribution in [0, 0.1) is 0 Å². The average Bonchev–Trinajstić information content (AvgIpc) is 3.69. The van der Waals surface area contributed by atoms with Crippen LogP contribution < -0.4 is 10.1 Å². The monoisotopic (exact) mass is 546 g/mol. The van der Waals surface area contributed by atoms with Crippen LogP contribution >= 0.6 is 11.3 Å². The van der Waals surface area contributed by atoms with Crippen molar-refractivity contribution in [3.8, 4) is 5.75 Å². The van der Waals surface area contributed by atoms with Crippen molar-refractivity contribution in [2.45, 2.75) is 24.9 Å². The van der Waals surface area contributed by atoms with Crippen LogP contribution in [0.5, 0.6) is 5.75 Å². The van der Waals surface area contributed by atoms with Crippen molar-refractivity contribution < 1.29 is 19.1 Å². The number of piperazine rings is 1. The minimum Gasteiger partial charge on any atom is -0.497 e. The second-order valence-corrected chi connectivity index (χ2v) is 10.8. The number of carbonyl (C=O) groups excluding carboxylic acids is 3. The molecule has 3 aromatic rings. The summed E-state index contributed by atoms with van der Waals surface area (Å²) in [6.07, 6.45) is 1.10. The Bertz CT molecular complexity index is 1280. The first kappa shape index (κ1) is 26.9. The van der Waals surface area contributed by atoms with E-state index >= 15 is 0 Å². The minimum atomic E-state index is -0.637. The number of hydrogen-bond acceptors (Lipinski definition) is 6. The number of methoxy groups -OCH3 is 1. The van der Waals surface area contributed by atoms with Crippen LogP contribution in [0.2, 0.25) is 0 Å². The van der Waals surface area contributed by atoms with Crippen molar-refractivity contribution in [2.24, 2.45) is 0 Å². The Morgan fingerprint density at radius 2 is 1.82 bits per heavy atom. The van der Waals surface area contributed by atoms with Crippen molar-refractivity contribution in [1.82, 2.24) is 20.0 Å². The lowest BCUT2D eigenvalue weighted by atomic mass is 10.1. The number of benzene rings is 2. The van der Waals surface area contributed by atoms with Gasteiger partial charge in [-0.2, -0.15) is 0 Å². The molecule has 0 bridgehead atoms. The Kier molecular flexibility index (Phi) is 8.58. The highest BCUT2D eigenvalue weighted by molar-refractivity contribution is 7.12. The molecule has 2 atom stereocenters. The Morgan fingerprint density at radius 3 is 2.54 bits per heavy atom. The fourth-order valence-electron chi connectivity index (χ4n) is 5.40. The molecule has 2 saturated heterocycles. The second-order valence-electron chi connectivity index (χ2n) is 9.88. The SMILES string of the molecule is COc1cccc(C(=O)N2CC(N(CCc3ccccc3)C(=O)c3cccs3)CC2C(=O)N2CCNCC2)c1. The first-order chi connectivity index (χ1) is 19.0. The van der Waals surface area contributed by atoms with E-state index in [1.54, 1.807) is 36.3 Å². The highest BCUT2D eigenvalue weighted by atomic mass is 32.1. The minimum absolute atomic E-state index is 0.0539. The van der Waals surface area contributed by atoms with Gasteiger partial charge in [-0.1, -0.05) is 42.5 Å². The molecule has 0 saturated carbocycles. The molecule has 39 heavy (non-hydrogen) atoms. The quantitative estimate of drug-likeness (QED) is 0.470. The van der Waals surface area contributed by atoms with E-state index < -0.39 is 6.04 Å². The summed E-state index contributed by atoms with van der Waals surface area (Å²) in [5, 5.41) is 5.18. The molecule has 8 nitrogen and oxygen atoms in total. The van der Waals surface area contributed by atoms with E-state index in [4.69, 9.17) is 4.74 Å². The smallest absolute Gasteiger partial charge is 0.264 e. The van der Waals surface area contributed by atoms with Gasteiger partial charge in [-0.15, -0.1) is 11.3 Å². The first-order valence-electron chi connectivity index (χ1n) is 13.4. The third-order valence-electron chi connectivity index (χ3n) is 7.49. The van der Waals surface area contributed by atoms with E-state index in [1.807, 2.05) is 45.5 Å². The number of nitrogens with zero attached hydrogens (tertiary/aromatic N) is 3. The largest absolute Gasteiger partial charge is 0.497 e. The van der Waals surface area contributed by atoms with Gasteiger partial charge in [-0.3, -0.25) is 14.4 Å². The van der Waals surface area contributed by atoms with Gasteiger partial charge in [0.2, 0.25) is 5.91 Å². The number of amides is 3. The summed E-state index contributed by atoms with van der Waals surface area (Å²) in [5.74, 6) is 0.243. The molecule has 204 valence electrons. The van der Waals surface area contributed by atoms with Gasteiger partial charge in [0.15, 0.2) is 0 Å². The molecule has 2 unspecified atom stereocenters. The van der Waals surface area contributed by atoms with Crippen LogP contribution in [-0.4, -0.2) is 90.9 Å². The molecular formula is C30H34N4O4S. The fraction of sp³-hybridized carbons (Fsp3) is 0.367.